The summed E-state index contributed by atoms with van der Waals surface area (Å²) in [6.07, 6.45) is 0. The van der Waals surface area contributed by atoms with Gasteiger partial charge in [-0.3, -0.25) is 14.9 Å². The van der Waals surface area contributed by atoms with Gasteiger partial charge >= 0.3 is 0 Å². The lowest BCUT2D eigenvalue weighted by Gasteiger charge is -2.09. The van der Waals surface area contributed by atoms with Crippen LogP contribution in [0.15, 0.2) is 18.2 Å². The number of non-ortho nitro benzene ring substituents is 1. The summed E-state index contributed by atoms with van der Waals surface area (Å²) in [5.41, 5.74) is 0.657. The molecular formula is C11H15N3O4. The first kappa shape index (κ1) is 13.9. The van der Waals surface area contributed by atoms with E-state index in [0.29, 0.717) is 18.8 Å². The van der Waals surface area contributed by atoms with Crippen LogP contribution in [0.4, 0.5) is 11.4 Å². The maximum Gasteiger partial charge on any atom is 0.270 e. The Hall–Kier alpha value is -2.15. The smallest absolute Gasteiger partial charge is 0.270 e. The number of rotatable bonds is 6. The van der Waals surface area contributed by atoms with E-state index in [4.69, 9.17) is 4.74 Å². The van der Waals surface area contributed by atoms with Crippen molar-refractivity contribution in [1.82, 2.24) is 5.32 Å². The van der Waals surface area contributed by atoms with Crippen molar-refractivity contribution in [1.29, 1.82) is 0 Å². The Bertz CT molecular complexity index is 448. The molecule has 1 amide bonds. The number of carbonyl (C=O) groups excluding carboxylic acids is 1. The highest BCUT2D eigenvalue weighted by atomic mass is 16.6. The second-order valence-corrected chi connectivity index (χ2v) is 3.49. The third-order valence-corrected chi connectivity index (χ3v) is 2.32. The van der Waals surface area contributed by atoms with Crippen molar-refractivity contribution in [2.24, 2.45) is 0 Å². The van der Waals surface area contributed by atoms with Gasteiger partial charge in [-0.1, -0.05) is 0 Å². The number of hydrogen-bond acceptors (Lipinski definition) is 5. The summed E-state index contributed by atoms with van der Waals surface area (Å²) in [6, 6.07) is 4.09. The summed E-state index contributed by atoms with van der Waals surface area (Å²) in [4.78, 5) is 22.0. The number of nitrogens with zero attached hydrogens (tertiary/aromatic N) is 1. The van der Waals surface area contributed by atoms with Crippen molar-refractivity contribution in [3.05, 3.63) is 33.9 Å². The number of amides is 1. The van der Waals surface area contributed by atoms with Gasteiger partial charge in [0.1, 0.15) is 0 Å². The molecular weight excluding hydrogens is 238 g/mol. The van der Waals surface area contributed by atoms with E-state index in [-0.39, 0.29) is 17.2 Å². The van der Waals surface area contributed by atoms with E-state index in [1.807, 2.05) is 0 Å². The number of benzene rings is 1. The van der Waals surface area contributed by atoms with Crippen LogP contribution in [0.25, 0.3) is 0 Å². The Balaban J connectivity index is 2.93. The fourth-order valence-corrected chi connectivity index (χ4v) is 1.41. The lowest BCUT2D eigenvalue weighted by Crippen LogP contribution is -2.27. The molecule has 1 rings (SSSR count). The van der Waals surface area contributed by atoms with Gasteiger partial charge in [-0.25, -0.2) is 0 Å². The average molecular weight is 253 g/mol. The molecule has 0 radical (unpaired) electrons. The number of hydrogen-bond donors (Lipinski definition) is 2. The van der Waals surface area contributed by atoms with Gasteiger partial charge in [0.15, 0.2) is 0 Å². The molecule has 0 aromatic heterocycles. The van der Waals surface area contributed by atoms with E-state index in [9.17, 15) is 14.9 Å². The first-order valence-corrected chi connectivity index (χ1v) is 5.33. The molecule has 0 spiro atoms. The highest BCUT2D eigenvalue weighted by molar-refractivity contribution is 6.00. The quantitative estimate of drug-likeness (QED) is 0.448. The van der Waals surface area contributed by atoms with Crippen molar-refractivity contribution in [3.63, 3.8) is 0 Å². The molecule has 2 N–H and O–H groups in total. The van der Waals surface area contributed by atoms with E-state index in [2.05, 4.69) is 10.6 Å². The zero-order valence-corrected chi connectivity index (χ0v) is 10.2. The van der Waals surface area contributed by atoms with E-state index < -0.39 is 4.92 Å². The fraction of sp³-hybridized carbons (Fsp3) is 0.364. The molecule has 18 heavy (non-hydrogen) atoms. The number of nitro benzene ring substituents is 1. The standard InChI is InChI=1S/C11H15N3O4/c1-12-10-4-3-8(14(16)17)7-9(10)11(15)13-5-6-18-2/h3-4,7,12H,5-6H2,1-2H3,(H,13,15). The molecule has 0 atom stereocenters. The zero-order chi connectivity index (χ0) is 13.5. The molecule has 0 aliphatic carbocycles. The van der Waals surface area contributed by atoms with Crippen LogP contribution >= 0.6 is 0 Å². The third-order valence-electron chi connectivity index (χ3n) is 2.32. The molecule has 1 aromatic carbocycles. The van der Waals surface area contributed by atoms with Crippen LogP contribution in [0.2, 0.25) is 0 Å². The first-order chi connectivity index (χ1) is 8.60. The largest absolute Gasteiger partial charge is 0.387 e. The maximum atomic E-state index is 11.8. The Morgan fingerprint density at radius 1 is 1.50 bits per heavy atom. The van der Waals surface area contributed by atoms with Gasteiger partial charge in [0.25, 0.3) is 11.6 Å². The molecule has 0 bridgehead atoms. The monoisotopic (exact) mass is 253 g/mol. The van der Waals surface area contributed by atoms with E-state index in [0.717, 1.165) is 0 Å². The third kappa shape index (κ3) is 3.42. The predicted molar refractivity (Wildman–Crippen MR) is 66.9 cm³/mol. The topological polar surface area (TPSA) is 93.5 Å². The molecule has 0 fully saturated rings. The van der Waals surface area contributed by atoms with Crippen LogP contribution in [0.5, 0.6) is 0 Å². The summed E-state index contributed by atoms with van der Waals surface area (Å²) < 4.78 is 4.81. The molecule has 0 aliphatic heterocycles. The molecule has 7 heteroatoms. The predicted octanol–water partition coefficient (Wildman–Crippen LogP) is 1.01. The van der Waals surface area contributed by atoms with Crippen molar-refractivity contribution in [3.8, 4) is 0 Å². The maximum absolute atomic E-state index is 11.8. The van der Waals surface area contributed by atoms with Gasteiger partial charge in [0.2, 0.25) is 0 Å². The second-order valence-electron chi connectivity index (χ2n) is 3.49. The molecule has 0 unspecified atom stereocenters. The number of nitro groups is 1. The van der Waals surface area contributed by atoms with Gasteiger partial charge in [-0.05, 0) is 6.07 Å². The number of ether oxygens (including phenoxy) is 1. The summed E-state index contributed by atoms with van der Waals surface area (Å²) in [6.45, 7) is 0.733. The molecule has 0 saturated carbocycles. The van der Waals surface area contributed by atoms with Crippen LogP contribution in [0.1, 0.15) is 10.4 Å². The Labute approximate surface area is 104 Å². The first-order valence-electron chi connectivity index (χ1n) is 5.33. The Kier molecular flexibility index (Phi) is 5.06. The van der Waals surface area contributed by atoms with Crippen LogP contribution in [0.3, 0.4) is 0 Å². The van der Waals surface area contributed by atoms with Gasteiger partial charge in [-0.15, -0.1) is 0 Å². The van der Waals surface area contributed by atoms with Crippen LogP contribution in [-0.2, 0) is 4.74 Å². The molecule has 0 aliphatic rings. The second kappa shape index (κ2) is 6.55. The highest BCUT2D eigenvalue weighted by Gasteiger charge is 2.15. The minimum Gasteiger partial charge on any atom is -0.387 e. The molecule has 0 saturated heterocycles. The van der Waals surface area contributed by atoms with Crippen LogP contribution in [0, 0.1) is 10.1 Å². The van der Waals surface area contributed by atoms with E-state index >= 15 is 0 Å². The lowest BCUT2D eigenvalue weighted by atomic mass is 10.1. The molecule has 98 valence electrons. The normalized spacial score (nSPS) is 9.89. The Morgan fingerprint density at radius 3 is 2.78 bits per heavy atom. The minimum atomic E-state index is -0.536. The number of carbonyl (C=O) groups is 1. The van der Waals surface area contributed by atoms with Crippen LogP contribution in [-0.4, -0.2) is 38.1 Å². The minimum absolute atomic E-state index is 0.120. The van der Waals surface area contributed by atoms with Gasteiger partial charge in [-0.2, -0.15) is 0 Å². The van der Waals surface area contributed by atoms with Crippen molar-refractivity contribution in [2.75, 3.05) is 32.6 Å². The Morgan fingerprint density at radius 2 is 2.22 bits per heavy atom. The number of anilines is 1. The van der Waals surface area contributed by atoms with Gasteiger partial charge in [0, 0.05) is 38.5 Å². The zero-order valence-electron chi connectivity index (χ0n) is 10.2. The fourth-order valence-electron chi connectivity index (χ4n) is 1.41. The molecule has 0 heterocycles. The van der Waals surface area contributed by atoms with Gasteiger partial charge in [0.05, 0.1) is 17.1 Å². The summed E-state index contributed by atoms with van der Waals surface area (Å²) >= 11 is 0. The van der Waals surface area contributed by atoms with Crippen molar-refractivity contribution in [2.45, 2.75) is 0 Å². The summed E-state index contributed by atoms with van der Waals surface area (Å²) in [7, 11) is 3.17. The molecule has 1 aromatic rings. The molecule has 7 nitrogen and oxygen atoms in total. The lowest BCUT2D eigenvalue weighted by molar-refractivity contribution is -0.384. The van der Waals surface area contributed by atoms with E-state index in [1.54, 1.807) is 7.05 Å². The van der Waals surface area contributed by atoms with Gasteiger partial charge < -0.3 is 15.4 Å². The van der Waals surface area contributed by atoms with Crippen LogP contribution < -0.4 is 10.6 Å². The van der Waals surface area contributed by atoms with Crippen molar-refractivity contribution < 1.29 is 14.5 Å². The van der Waals surface area contributed by atoms with E-state index in [1.165, 1.54) is 25.3 Å². The summed E-state index contributed by atoms with van der Waals surface area (Å²) in [5.74, 6) is -0.375. The van der Waals surface area contributed by atoms with Crippen molar-refractivity contribution >= 4 is 17.3 Å². The average Bonchev–Trinajstić information content (AvgIpc) is 2.38. The summed E-state index contributed by atoms with van der Waals surface area (Å²) in [5, 5.41) is 16.1. The number of methoxy groups -OCH3 is 1. The number of nitrogens with one attached hydrogen (secondary N) is 2. The SMILES string of the molecule is CNc1ccc([N+](=O)[O-])cc1C(=O)NCCOC. The highest BCUT2D eigenvalue weighted by Crippen LogP contribution is 2.21.